The molecule has 1 aliphatic heterocycles. The number of carbonyl (C=O) groups excluding carboxylic acids is 1. The quantitative estimate of drug-likeness (QED) is 0.599. The number of anilines is 1. The van der Waals surface area contributed by atoms with Crippen molar-refractivity contribution < 1.29 is 13.9 Å². The standard InChI is InChI=1S/C23H26FN5O2S/c1-25-22(30)26-9-10-29-21(16-32-23(29)27-19-4-2-3-18(24)15-19)17-5-7-20(8-6-17)28-11-13-31-14-12-28/h2-8,15-16H,9-14H2,1H3,(H2,25,26,30)/b27-23+. The molecule has 0 saturated carbocycles. The molecule has 7 nitrogen and oxygen atoms in total. The Kier molecular flexibility index (Phi) is 7.18. The van der Waals surface area contributed by atoms with Gasteiger partial charge in [-0.25, -0.2) is 14.2 Å². The molecule has 168 valence electrons. The first-order valence-electron chi connectivity index (χ1n) is 10.5. The second kappa shape index (κ2) is 10.4. The van der Waals surface area contributed by atoms with Crippen molar-refractivity contribution in [2.45, 2.75) is 6.54 Å². The van der Waals surface area contributed by atoms with Gasteiger partial charge in [-0.1, -0.05) is 18.2 Å². The van der Waals surface area contributed by atoms with Crippen LogP contribution in [-0.4, -0.2) is 50.5 Å². The number of amides is 2. The number of benzene rings is 2. The fraction of sp³-hybridized carbons (Fsp3) is 0.304. The Morgan fingerprint density at radius 2 is 1.97 bits per heavy atom. The number of hydrogen-bond donors (Lipinski definition) is 2. The molecule has 2 heterocycles. The molecule has 2 aromatic carbocycles. The molecular formula is C23H26FN5O2S. The lowest BCUT2D eigenvalue weighted by atomic mass is 10.1. The molecule has 2 amide bonds. The zero-order valence-corrected chi connectivity index (χ0v) is 18.7. The van der Waals surface area contributed by atoms with Crippen molar-refractivity contribution in [3.63, 3.8) is 0 Å². The summed E-state index contributed by atoms with van der Waals surface area (Å²) in [6.07, 6.45) is 0. The first-order chi connectivity index (χ1) is 15.6. The lowest BCUT2D eigenvalue weighted by Gasteiger charge is -2.28. The number of ether oxygens (including phenoxy) is 1. The van der Waals surface area contributed by atoms with E-state index in [0.29, 0.717) is 18.8 Å². The number of urea groups is 1. The fourth-order valence-electron chi connectivity index (χ4n) is 3.56. The fourth-order valence-corrected chi connectivity index (χ4v) is 4.51. The Morgan fingerprint density at radius 1 is 1.19 bits per heavy atom. The number of nitrogens with one attached hydrogen (secondary N) is 2. The third-order valence-corrected chi connectivity index (χ3v) is 6.08. The number of nitrogens with zero attached hydrogens (tertiary/aromatic N) is 3. The number of halogens is 1. The number of rotatable bonds is 6. The van der Waals surface area contributed by atoms with Gasteiger partial charge < -0.3 is 24.8 Å². The van der Waals surface area contributed by atoms with Crippen molar-refractivity contribution in [1.29, 1.82) is 0 Å². The van der Waals surface area contributed by atoms with Gasteiger partial charge in [0.15, 0.2) is 4.80 Å². The van der Waals surface area contributed by atoms with Gasteiger partial charge in [-0.15, -0.1) is 11.3 Å². The van der Waals surface area contributed by atoms with Gasteiger partial charge in [0.2, 0.25) is 0 Å². The Bertz CT molecular complexity index is 1120. The summed E-state index contributed by atoms with van der Waals surface area (Å²) in [5.74, 6) is -0.324. The average molecular weight is 456 g/mol. The predicted molar refractivity (Wildman–Crippen MR) is 125 cm³/mol. The van der Waals surface area contributed by atoms with E-state index < -0.39 is 0 Å². The van der Waals surface area contributed by atoms with Crippen LogP contribution in [0.3, 0.4) is 0 Å². The van der Waals surface area contributed by atoms with E-state index in [2.05, 4.69) is 49.4 Å². The summed E-state index contributed by atoms with van der Waals surface area (Å²) in [6.45, 7) is 4.24. The first-order valence-corrected chi connectivity index (χ1v) is 11.4. The van der Waals surface area contributed by atoms with E-state index in [9.17, 15) is 9.18 Å². The summed E-state index contributed by atoms with van der Waals surface area (Å²) in [6, 6.07) is 14.4. The monoisotopic (exact) mass is 455 g/mol. The van der Waals surface area contributed by atoms with Crippen LogP contribution >= 0.6 is 11.3 Å². The molecule has 1 fully saturated rings. The van der Waals surface area contributed by atoms with Crippen LogP contribution in [0.2, 0.25) is 0 Å². The second-order valence-electron chi connectivity index (χ2n) is 7.30. The summed E-state index contributed by atoms with van der Waals surface area (Å²) in [5.41, 5.74) is 3.77. The Hall–Kier alpha value is -3.17. The highest BCUT2D eigenvalue weighted by Gasteiger charge is 2.13. The lowest BCUT2D eigenvalue weighted by molar-refractivity contribution is 0.122. The van der Waals surface area contributed by atoms with Gasteiger partial charge in [0, 0.05) is 44.3 Å². The molecule has 1 aromatic heterocycles. The zero-order valence-electron chi connectivity index (χ0n) is 17.9. The highest BCUT2D eigenvalue weighted by atomic mass is 32.1. The van der Waals surface area contributed by atoms with Gasteiger partial charge in [0.1, 0.15) is 5.82 Å². The molecular weight excluding hydrogens is 429 g/mol. The average Bonchev–Trinajstić information content (AvgIpc) is 3.22. The largest absolute Gasteiger partial charge is 0.378 e. The van der Waals surface area contributed by atoms with Crippen LogP contribution in [0, 0.1) is 5.82 Å². The Labute approximate surface area is 190 Å². The van der Waals surface area contributed by atoms with Gasteiger partial charge in [0.25, 0.3) is 0 Å². The summed E-state index contributed by atoms with van der Waals surface area (Å²) in [7, 11) is 1.58. The number of thiazole rings is 1. The second-order valence-corrected chi connectivity index (χ2v) is 8.14. The third-order valence-electron chi connectivity index (χ3n) is 5.22. The van der Waals surface area contributed by atoms with E-state index in [0.717, 1.165) is 42.4 Å². The summed E-state index contributed by atoms with van der Waals surface area (Å²) in [5, 5.41) is 7.41. The number of carbonyl (C=O) groups is 1. The molecule has 2 N–H and O–H groups in total. The van der Waals surface area contributed by atoms with Gasteiger partial charge >= 0.3 is 6.03 Å². The Morgan fingerprint density at radius 3 is 2.69 bits per heavy atom. The smallest absolute Gasteiger partial charge is 0.314 e. The van der Waals surface area contributed by atoms with E-state index in [-0.39, 0.29) is 11.8 Å². The van der Waals surface area contributed by atoms with Crippen LogP contribution in [0.1, 0.15) is 0 Å². The van der Waals surface area contributed by atoms with Gasteiger partial charge in [0.05, 0.1) is 24.6 Å². The van der Waals surface area contributed by atoms with Crippen LogP contribution in [-0.2, 0) is 11.3 Å². The highest BCUT2D eigenvalue weighted by Crippen LogP contribution is 2.25. The third kappa shape index (κ3) is 5.35. The van der Waals surface area contributed by atoms with Crippen molar-refractivity contribution in [2.24, 2.45) is 4.99 Å². The maximum atomic E-state index is 13.6. The van der Waals surface area contributed by atoms with Gasteiger partial charge in [-0.3, -0.25) is 0 Å². The molecule has 9 heteroatoms. The molecule has 3 aromatic rings. The topological polar surface area (TPSA) is 70.9 Å². The van der Waals surface area contributed by atoms with Gasteiger partial charge in [-0.2, -0.15) is 0 Å². The molecule has 32 heavy (non-hydrogen) atoms. The van der Waals surface area contributed by atoms with Crippen molar-refractivity contribution in [2.75, 3.05) is 44.8 Å². The SMILES string of the molecule is CNC(=O)NCCn1c(-c2ccc(N3CCOCC3)cc2)cs/c1=N/c1cccc(F)c1. The van der Waals surface area contributed by atoms with Gasteiger partial charge in [-0.05, 0) is 35.9 Å². The van der Waals surface area contributed by atoms with E-state index in [1.54, 1.807) is 19.2 Å². The normalized spacial score (nSPS) is 14.4. The minimum Gasteiger partial charge on any atom is -0.378 e. The van der Waals surface area contributed by atoms with Crippen LogP contribution in [0.15, 0.2) is 58.9 Å². The predicted octanol–water partition coefficient (Wildman–Crippen LogP) is 3.35. The van der Waals surface area contributed by atoms with E-state index >= 15 is 0 Å². The first kappa shape index (κ1) is 22.0. The molecule has 0 atom stereocenters. The summed E-state index contributed by atoms with van der Waals surface area (Å²) < 4.78 is 21.1. The maximum absolute atomic E-state index is 13.6. The van der Waals surface area contributed by atoms with E-state index in [1.165, 1.54) is 29.2 Å². The van der Waals surface area contributed by atoms with Crippen molar-refractivity contribution in [3.8, 4) is 11.3 Å². The molecule has 0 spiro atoms. The van der Waals surface area contributed by atoms with Crippen LogP contribution in [0.25, 0.3) is 11.3 Å². The molecule has 0 bridgehead atoms. The van der Waals surface area contributed by atoms with Crippen molar-refractivity contribution in [3.05, 3.63) is 64.5 Å². The minimum absolute atomic E-state index is 0.235. The Balaban J connectivity index is 1.64. The lowest BCUT2D eigenvalue weighted by Crippen LogP contribution is -2.36. The minimum atomic E-state index is -0.324. The molecule has 1 saturated heterocycles. The molecule has 1 aliphatic rings. The number of aromatic nitrogens is 1. The summed E-state index contributed by atoms with van der Waals surface area (Å²) >= 11 is 1.49. The number of morpholine rings is 1. The number of hydrogen-bond acceptors (Lipinski definition) is 5. The van der Waals surface area contributed by atoms with Crippen LogP contribution < -0.4 is 20.3 Å². The van der Waals surface area contributed by atoms with Crippen LogP contribution in [0.4, 0.5) is 20.6 Å². The highest BCUT2D eigenvalue weighted by molar-refractivity contribution is 7.07. The zero-order chi connectivity index (χ0) is 22.3. The summed E-state index contributed by atoms with van der Waals surface area (Å²) in [4.78, 5) is 19.3. The van der Waals surface area contributed by atoms with E-state index in [4.69, 9.17) is 4.74 Å². The molecule has 0 aliphatic carbocycles. The van der Waals surface area contributed by atoms with Crippen LogP contribution in [0.5, 0.6) is 0 Å². The molecule has 0 unspecified atom stereocenters. The molecule has 0 radical (unpaired) electrons. The molecule has 4 rings (SSSR count). The van der Waals surface area contributed by atoms with Crippen molar-refractivity contribution in [1.82, 2.24) is 15.2 Å². The van der Waals surface area contributed by atoms with E-state index in [1.807, 2.05) is 5.38 Å². The maximum Gasteiger partial charge on any atom is 0.314 e. The van der Waals surface area contributed by atoms with Crippen molar-refractivity contribution >= 4 is 28.7 Å².